The molecule has 2 aromatic heterocycles. The predicted octanol–water partition coefficient (Wildman–Crippen LogP) is 2.73. The SMILES string of the molecule is COc1ccc(NC(=O)C2CCN(c3cnc(N4CCCCC4)nc3)CC2)cn1. The second kappa shape index (κ2) is 9.07. The maximum Gasteiger partial charge on any atom is 0.227 e. The van der Waals surface area contributed by atoms with Crippen molar-refractivity contribution in [2.45, 2.75) is 32.1 Å². The van der Waals surface area contributed by atoms with E-state index in [4.69, 9.17) is 4.74 Å². The van der Waals surface area contributed by atoms with E-state index in [0.717, 1.165) is 50.7 Å². The van der Waals surface area contributed by atoms with Crippen molar-refractivity contribution in [3.05, 3.63) is 30.7 Å². The van der Waals surface area contributed by atoms with Gasteiger partial charge in [0.25, 0.3) is 0 Å². The monoisotopic (exact) mass is 396 g/mol. The predicted molar refractivity (Wildman–Crippen MR) is 112 cm³/mol. The Morgan fingerprint density at radius 1 is 0.966 bits per heavy atom. The van der Waals surface area contributed by atoms with Crippen LogP contribution in [0.3, 0.4) is 0 Å². The van der Waals surface area contributed by atoms with Gasteiger partial charge in [-0.2, -0.15) is 0 Å². The van der Waals surface area contributed by atoms with Gasteiger partial charge >= 0.3 is 0 Å². The van der Waals surface area contributed by atoms with Gasteiger partial charge in [-0.05, 0) is 38.2 Å². The van der Waals surface area contributed by atoms with E-state index in [-0.39, 0.29) is 11.8 Å². The molecule has 0 saturated carbocycles. The van der Waals surface area contributed by atoms with E-state index in [1.54, 1.807) is 25.4 Å². The summed E-state index contributed by atoms with van der Waals surface area (Å²) in [7, 11) is 1.57. The van der Waals surface area contributed by atoms with Crippen LogP contribution in [0.1, 0.15) is 32.1 Å². The summed E-state index contributed by atoms with van der Waals surface area (Å²) in [5, 5.41) is 2.96. The van der Waals surface area contributed by atoms with Crippen molar-refractivity contribution in [3.63, 3.8) is 0 Å². The molecule has 1 amide bonds. The number of anilines is 3. The molecule has 1 N–H and O–H groups in total. The Hall–Kier alpha value is -2.90. The quantitative estimate of drug-likeness (QED) is 0.832. The number of carbonyl (C=O) groups excluding carboxylic acids is 1. The smallest absolute Gasteiger partial charge is 0.227 e. The maximum absolute atomic E-state index is 12.6. The Morgan fingerprint density at radius 2 is 1.69 bits per heavy atom. The Bertz CT molecular complexity index is 797. The molecular weight excluding hydrogens is 368 g/mol. The van der Waals surface area contributed by atoms with E-state index in [0.29, 0.717) is 11.6 Å². The first-order valence-electron chi connectivity index (χ1n) is 10.4. The minimum atomic E-state index is 0.00175. The zero-order valence-corrected chi connectivity index (χ0v) is 16.9. The largest absolute Gasteiger partial charge is 0.481 e. The number of pyridine rings is 1. The molecule has 8 heteroatoms. The first-order chi connectivity index (χ1) is 14.2. The van der Waals surface area contributed by atoms with Crippen LogP contribution in [-0.4, -0.2) is 54.1 Å². The minimum absolute atomic E-state index is 0.00175. The van der Waals surface area contributed by atoms with Gasteiger partial charge in [-0.25, -0.2) is 15.0 Å². The van der Waals surface area contributed by atoms with Crippen LogP contribution in [0, 0.1) is 5.92 Å². The molecule has 2 aliphatic heterocycles. The zero-order valence-electron chi connectivity index (χ0n) is 16.9. The molecule has 2 fully saturated rings. The molecule has 0 radical (unpaired) electrons. The molecule has 4 heterocycles. The lowest BCUT2D eigenvalue weighted by Crippen LogP contribution is -2.38. The fourth-order valence-electron chi connectivity index (χ4n) is 3.95. The number of hydrogen-bond donors (Lipinski definition) is 1. The molecule has 2 aliphatic rings. The molecule has 0 atom stereocenters. The van der Waals surface area contributed by atoms with E-state index < -0.39 is 0 Å². The van der Waals surface area contributed by atoms with Gasteiger partial charge in [0, 0.05) is 38.2 Å². The van der Waals surface area contributed by atoms with Gasteiger partial charge in [0.15, 0.2) is 0 Å². The summed E-state index contributed by atoms with van der Waals surface area (Å²) in [5.41, 5.74) is 1.73. The molecule has 0 aliphatic carbocycles. The van der Waals surface area contributed by atoms with Crippen LogP contribution in [0.2, 0.25) is 0 Å². The molecule has 2 aromatic rings. The van der Waals surface area contributed by atoms with Gasteiger partial charge in [0.2, 0.25) is 17.7 Å². The lowest BCUT2D eigenvalue weighted by molar-refractivity contribution is -0.120. The molecule has 0 bridgehead atoms. The highest BCUT2D eigenvalue weighted by molar-refractivity contribution is 5.92. The molecule has 0 unspecified atom stereocenters. The summed E-state index contributed by atoms with van der Waals surface area (Å²) in [6.45, 7) is 3.74. The van der Waals surface area contributed by atoms with E-state index in [1.165, 1.54) is 19.3 Å². The normalized spacial score (nSPS) is 17.8. The number of amides is 1. The third kappa shape index (κ3) is 4.75. The van der Waals surface area contributed by atoms with Crippen molar-refractivity contribution < 1.29 is 9.53 Å². The van der Waals surface area contributed by atoms with Crippen molar-refractivity contribution in [3.8, 4) is 5.88 Å². The molecule has 0 aromatic carbocycles. The number of nitrogens with zero attached hydrogens (tertiary/aromatic N) is 5. The molecule has 2 saturated heterocycles. The summed E-state index contributed by atoms with van der Waals surface area (Å²) < 4.78 is 5.04. The average Bonchev–Trinajstić information content (AvgIpc) is 2.80. The van der Waals surface area contributed by atoms with E-state index in [9.17, 15) is 4.79 Å². The van der Waals surface area contributed by atoms with Crippen LogP contribution in [0.15, 0.2) is 30.7 Å². The standard InChI is InChI=1S/C21H28N6O2/c1-29-19-6-5-17(13-22-19)25-20(28)16-7-11-26(12-8-16)18-14-23-21(24-15-18)27-9-3-2-4-10-27/h5-6,13-16H,2-4,7-12H2,1H3,(H,25,28). The van der Waals surface area contributed by atoms with Crippen molar-refractivity contribution in [1.82, 2.24) is 15.0 Å². The summed E-state index contributed by atoms with van der Waals surface area (Å²) in [5.74, 6) is 1.41. The van der Waals surface area contributed by atoms with Crippen LogP contribution in [-0.2, 0) is 4.79 Å². The van der Waals surface area contributed by atoms with Gasteiger partial charge < -0.3 is 19.9 Å². The summed E-state index contributed by atoms with van der Waals surface area (Å²) >= 11 is 0. The molecule has 4 rings (SSSR count). The summed E-state index contributed by atoms with van der Waals surface area (Å²) in [6.07, 6.45) is 10.8. The topological polar surface area (TPSA) is 83.5 Å². The number of aromatic nitrogens is 3. The van der Waals surface area contributed by atoms with Crippen LogP contribution in [0.5, 0.6) is 5.88 Å². The van der Waals surface area contributed by atoms with E-state index in [2.05, 4.69) is 30.1 Å². The van der Waals surface area contributed by atoms with E-state index in [1.807, 2.05) is 12.4 Å². The van der Waals surface area contributed by atoms with Gasteiger partial charge in [-0.3, -0.25) is 4.79 Å². The number of ether oxygens (including phenoxy) is 1. The fourth-order valence-corrected chi connectivity index (χ4v) is 3.95. The van der Waals surface area contributed by atoms with Crippen molar-refractivity contribution in [1.29, 1.82) is 0 Å². The van der Waals surface area contributed by atoms with Crippen molar-refractivity contribution in [2.24, 2.45) is 5.92 Å². The molecular formula is C21H28N6O2. The fraction of sp³-hybridized carbons (Fsp3) is 0.524. The summed E-state index contributed by atoms with van der Waals surface area (Å²) in [4.78, 5) is 30.4. The van der Waals surface area contributed by atoms with Crippen molar-refractivity contribution >= 4 is 23.2 Å². The highest BCUT2D eigenvalue weighted by Crippen LogP contribution is 2.25. The lowest BCUT2D eigenvalue weighted by Gasteiger charge is -2.33. The van der Waals surface area contributed by atoms with Gasteiger partial charge in [0.1, 0.15) is 0 Å². The summed E-state index contributed by atoms with van der Waals surface area (Å²) in [6, 6.07) is 3.55. The molecule has 0 spiro atoms. The average molecular weight is 396 g/mol. The van der Waals surface area contributed by atoms with Crippen LogP contribution < -0.4 is 19.9 Å². The third-order valence-corrected chi connectivity index (χ3v) is 5.71. The molecule has 154 valence electrons. The maximum atomic E-state index is 12.6. The second-order valence-electron chi connectivity index (χ2n) is 7.63. The van der Waals surface area contributed by atoms with Crippen molar-refractivity contribution in [2.75, 3.05) is 48.4 Å². The van der Waals surface area contributed by atoms with Crippen LogP contribution in [0.4, 0.5) is 17.3 Å². The molecule has 29 heavy (non-hydrogen) atoms. The number of rotatable bonds is 5. The number of nitrogens with one attached hydrogen (secondary N) is 1. The Balaban J connectivity index is 1.28. The minimum Gasteiger partial charge on any atom is -0.481 e. The van der Waals surface area contributed by atoms with Gasteiger partial charge in [-0.15, -0.1) is 0 Å². The number of methoxy groups -OCH3 is 1. The van der Waals surface area contributed by atoms with E-state index >= 15 is 0 Å². The lowest BCUT2D eigenvalue weighted by atomic mass is 9.95. The first-order valence-corrected chi connectivity index (χ1v) is 10.4. The zero-order chi connectivity index (χ0) is 20.1. The number of carbonyl (C=O) groups is 1. The van der Waals surface area contributed by atoms with Crippen LogP contribution in [0.25, 0.3) is 0 Å². The first kappa shape index (κ1) is 19.4. The Kier molecular flexibility index (Phi) is 6.07. The number of piperidine rings is 2. The third-order valence-electron chi connectivity index (χ3n) is 5.71. The number of hydrogen-bond acceptors (Lipinski definition) is 7. The Morgan fingerprint density at radius 3 is 2.31 bits per heavy atom. The Labute approximate surface area is 171 Å². The highest BCUT2D eigenvalue weighted by Gasteiger charge is 2.26. The van der Waals surface area contributed by atoms with Gasteiger partial charge in [0.05, 0.1) is 37.1 Å². The van der Waals surface area contributed by atoms with Gasteiger partial charge in [-0.1, -0.05) is 0 Å². The van der Waals surface area contributed by atoms with Crippen LogP contribution >= 0.6 is 0 Å². The second-order valence-corrected chi connectivity index (χ2v) is 7.63. The highest BCUT2D eigenvalue weighted by atomic mass is 16.5. The molecule has 8 nitrogen and oxygen atoms in total.